The molecule has 1 aliphatic carbocycles. The molecule has 0 radical (unpaired) electrons. The molecule has 5 rings (SSSR count). The molecule has 0 unspecified atom stereocenters. The number of halogens is 2. The van der Waals surface area contributed by atoms with Gasteiger partial charge in [0.1, 0.15) is 17.5 Å². The van der Waals surface area contributed by atoms with Crippen molar-refractivity contribution in [2.45, 2.75) is 18.1 Å². The second-order valence-electron chi connectivity index (χ2n) is 8.08. The van der Waals surface area contributed by atoms with Crippen LogP contribution < -0.4 is 10.5 Å². The Kier molecular flexibility index (Phi) is 6.02. The molecule has 0 atom stereocenters. The van der Waals surface area contributed by atoms with Gasteiger partial charge in [0.15, 0.2) is 0 Å². The van der Waals surface area contributed by atoms with Crippen LogP contribution in [0.25, 0.3) is 28.0 Å². The SMILES string of the molecule is Cn1cc(-c2ccc(C(=CN)c3cc(NSC4CC4)nc(-c4ccc(F)cc4F)c3)nc2)cn1. The number of nitrogens with one attached hydrogen (secondary N) is 1. The van der Waals surface area contributed by atoms with Crippen molar-refractivity contribution in [2.75, 3.05) is 4.72 Å². The van der Waals surface area contributed by atoms with Gasteiger partial charge in [0.25, 0.3) is 0 Å². The van der Waals surface area contributed by atoms with Gasteiger partial charge in [-0.2, -0.15) is 5.10 Å². The maximum absolute atomic E-state index is 14.6. The zero-order chi connectivity index (χ0) is 23.7. The molecule has 3 N–H and O–H groups in total. The topological polar surface area (TPSA) is 81.6 Å². The van der Waals surface area contributed by atoms with Crippen LogP contribution >= 0.6 is 11.9 Å². The lowest BCUT2D eigenvalue weighted by Gasteiger charge is -2.13. The van der Waals surface area contributed by atoms with Gasteiger partial charge < -0.3 is 10.5 Å². The van der Waals surface area contributed by atoms with Gasteiger partial charge >= 0.3 is 0 Å². The van der Waals surface area contributed by atoms with Gasteiger partial charge in [-0.3, -0.25) is 9.67 Å². The molecule has 1 fully saturated rings. The molecule has 0 spiro atoms. The van der Waals surface area contributed by atoms with E-state index in [1.807, 2.05) is 31.4 Å². The van der Waals surface area contributed by atoms with Gasteiger partial charge in [-0.05, 0) is 60.7 Å². The van der Waals surface area contributed by atoms with Crippen LogP contribution in [0.2, 0.25) is 0 Å². The van der Waals surface area contributed by atoms with Gasteiger partial charge in [0.2, 0.25) is 0 Å². The van der Waals surface area contributed by atoms with E-state index in [0.717, 1.165) is 35.6 Å². The summed E-state index contributed by atoms with van der Waals surface area (Å²) >= 11 is 1.59. The number of nitrogens with zero attached hydrogens (tertiary/aromatic N) is 4. The third-order valence-electron chi connectivity index (χ3n) is 5.44. The third kappa shape index (κ3) is 4.79. The molecule has 3 heterocycles. The summed E-state index contributed by atoms with van der Waals surface area (Å²) < 4.78 is 33.1. The van der Waals surface area contributed by atoms with Crippen LogP contribution in [0.4, 0.5) is 14.6 Å². The van der Waals surface area contributed by atoms with Crippen molar-refractivity contribution >= 4 is 23.3 Å². The molecule has 9 heteroatoms. The van der Waals surface area contributed by atoms with Crippen LogP contribution in [0.3, 0.4) is 0 Å². The first-order valence-corrected chi connectivity index (χ1v) is 11.6. The molecular formula is C25H22F2N6S. The first kappa shape index (κ1) is 22.1. The lowest BCUT2D eigenvalue weighted by atomic mass is 10.00. The molecule has 6 nitrogen and oxygen atoms in total. The number of pyridine rings is 2. The molecule has 3 aromatic heterocycles. The first-order chi connectivity index (χ1) is 16.5. The molecule has 0 amide bonds. The molecule has 0 bridgehead atoms. The van der Waals surface area contributed by atoms with Crippen LogP contribution in [0.1, 0.15) is 24.1 Å². The number of aryl methyl sites for hydroxylation is 1. The van der Waals surface area contributed by atoms with Crippen LogP contribution in [0.5, 0.6) is 0 Å². The highest BCUT2D eigenvalue weighted by molar-refractivity contribution is 8.01. The van der Waals surface area contributed by atoms with E-state index in [4.69, 9.17) is 5.73 Å². The highest BCUT2D eigenvalue weighted by Crippen LogP contribution is 2.36. The summed E-state index contributed by atoms with van der Waals surface area (Å²) in [5.74, 6) is -0.748. The Bertz CT molecular complexity index is 1360. The smallest absolute Gasteiger partial charge is 0.137 e. The highest BCUT2D eigenvalue weighted by atomic mass is 32.2. The summed E-state index contributed by atoms with van der Waals surface area (Å²) in [5, 5.41) is 4.74. The number of anilines is 1. The van der Waals surface area contributed by atoms with E-state index in [-0.39, 0.29) is 5.56 Å². The molecule has 0 saturated heterocycles. The summed E-state index contributed by atoms with van der Waals surface area (Å²) in [4.78, 5) is 9.17. The second kappa shape index (κ2) is 9.26. The van der Waals surface area contributed by atoms with E-state index < -0.39 is 11.6 Å². The van der Waals surface area contributed by atoms with E-state index in [1.165, 1.54) is 18.3 Å². The Morgan fingerprint density at radius 3 is 2.62 bits per heavy atom. The fourth-order valence-electron chi connectivity index (χ4n) is 3.53. The molecule has 172 valence electrons. The van der Waals surface area contributed by atoms with Crippen molar-refractivity contribution in [1.29, 1.82) is 0 Å². The van der Waals surface area contributed by atoms with Crippen molar-refractivity contribution < 1.29 is 8.78 Å². The molecule has 1 aromatic carbocycles. The Hall–Kier alpha value is -3.72. The molecule has 0 aliphatic heterocycles. The van der Waals surface area contributed by atoms with E-state index in [1.54, 1.807) is 35.1 Å². The zero-order valence-electron chi connectivity index (χ0n) is 18.4. The van der Waals surface area contributed by atoms with Crippen LogP contribution in [-0.2, 0) is 7.05 Å². The van der Waals surface area contributed by atoms with E-state index in [0.29, 0.717) is 28.0 Å². The van der Waals surface area contributed by atoms with Crippen molar-refractivity contribution in [2.24, 2.45) is 12.8 Å². The fraction of sp³-hybridized carbons (Fsp3) is 0.160. The van der Waals surface area contributed by atoms with Crippen LogP contribution in [-0.4, -0.2) is 25.0 Å². The van der Waals surface area contributed by atoms with Gasteiger partial charge in [-0.15, -0.1) is 0 Å². The normalized spacial score (nSPS) is 13.8. The summed E-state index contributed by atoms with van der Waals surface area (Å²) in [6.45, 7) is 0. The maximum atomic E-state index is 14.6. The summed E-state index contributed by atoms with van der Waals surface area (Å²) in [5.41, 5.74) is 10.5. The number of benzene rings is 1. The Labute approximate surface area is 200 Å². The number of aromatic nitrogens is 4. The zero-order valence-corrected chi connectivity index (χ0v) is 19.2. The minimum Gasteiger partial charge on any atom is -0.404 e. The molecular weight excluding hydrogens is 454 g/mol. The first-order valence-electron chi connectivity index (χ1n) is 10.8. The van der Waals surface area contributed by atoms with Crippen LogP contribution in [0, 0.1) is 11.6 Å². The fourth-order valence-corrected chi connectivity index (χ4v) is 4.29. The lowest BCUT2D eigenvalue weighted by molar-refractivity contribution is 0.585. The summed E-state index contributed by atoms with van der Waals surface area (Å²) in [7, 11) is 1.86. The quantitative estimate of drug-likeness (QED) is 0.348. The van der Waals surface area contributed by atoms with Crippen molar-refractivity contribution in [3.05, 3.63) is 90.1 Å². The second-order valence-corrected chi connectivity index (χ2v) is 9.19. The van der Waals surface area contributed by atoms with Gasteiger partial charge in [0, 0.05) is 59.2 Å². The number of hydrogen-bond donors (Lipinski definition) is 2. The van der Waals surface area contributed by atoms with Crippen molar-refractivity contribution in [3.63, 3.8) is 0 Å². The third-order valence-corrected chi connectivity index (χ3v) is 6.57. The van der Waals surface area contributed by atoms with Crippen molar-refractivity contribution in [1.82, 2.24) is 19.7 Å². The average Bonchev–Trinajstić information content (AvgIpc) is 3.57. The molecule has 4 aromatic rings. The minimum atomic E-state index is -0.678. The Morgan fingerprint density at radius 2 is 1.97 bits per heavy atom. The Balaban J connectivity index is 1.52. The van der Waals surface area contributed by atoms with Crippen LogP contribution in [0.15, 0.2) is 67.3 Å². The van der Waals surface area contributed by atoms with Crippen molar-refractivity contribution in [3.8, 4) is 22.4 Å². The van der Waals surface area contributed by atoms with E-state index >= 15 is 0 Å². The molecule has 1 saturated carbocycles. The maximum Gasteiger partial charge on any atom is 0.137 e. The number of nitrogens with two attached hydrogens (primary N) is 1. The monoisotopic (exact) mass is 476 g/mol. The highest BCUT2D eigenvalue weighted by Gasteiger charge is 2.23. The van der Waals surface area contributed by atoms with E-state index in [9.17, 15) is 8.78 Å². The number of rotatable bonds is 7. The lowest BCUT2D eigenvalue weighted by Crippen LogP contribution is -2.01. The van der Waals surface area contributed by atoms with E-state index in [2.05, 4.69) is 19.8 Å². The standard InChI is InChI=1S/C25H22F2N6S/c1-33-14-17(13-30-33)15-2-7-23(29-12-15)21(11-28)16-8-24(20-6-3-18(26)10-22(20)27)31-25(9-16)32-34-19-4-5-19/h2-3,6-14,19H,4-5,28H2,1H3,(H,31,32). The molecule has 34 heavy (non-hydrogen) atoms. The number of hydrogen-bond acceptors (Lipinski definition) is 6. The predicted octanol–water partition coefficient (Wildman–Crippen LogP) is 5.39. The average molecular weight is 477 g/mol. The molecule has 1 aliphatic rings. The van der Waals surface area contributed by atoms with Gasteiger partial charge in [-0.25, -0.2) is 13.8 Å². The van der Waals surface area contributed by atoms with Gasteiger partial charge in [-0.1, -0.05) is 6.07 Å². The predicted molar refractivity (Wildman–Crippen MR) is 132 cm³/mol. The minimum absolute atomic E-state index is 0.207. The van der Waals surface area contributed by atoms with Gasteiger partial charge in [0.05, 0.1) is 17.6 Å². The summed E-state index contributed by atoms with van der Waals surface area (Å²) in [6.07, 6.45) is 9.23. The summed E-state index contributed by atoms with van der Waals surface area (Å²) in [6, 6.07) is 10.9. The largest absolute Gasteiger partial charge is 0.404 e. The Morgan fingerprint density at radius 1 is 1.12 bits per heavy atom.